The van der Waals surface area contributed by atoms with Gasteiger partial charge < -0.3 is 9.47 Å². The molecule has 1 unspecified atom stereocenters. The third kappa shape index (κ3) is 10.8. The van der Waals surface area contributed by atoms with Crippen molar-refractivity contribution in [3.05, 3.63) is 23.8 Å². The van der Waals surface area contributed by atoms with Gasteiger partial charge in [0.1, 0.15) is 11.5 Å². The van der Waals surface area contributed by atoms with Crippen LogP contribution in [0.4, 0.5) is 0 Å². The smallest absolute Gasteiger partial charge is 0.154 e. The van der Waals surface area contributed by atoms with Gasteiger partial charge in [0.15, 0.2) is 5.78 Å². The molecule has 0 spiro atoms. The lowest BCUT2D eigenvalue weighted by molar-refractivity contribution is -0.122. The molecule has 0 bridgehead atoms. The molecule has 0 aromatic heterocycles. The largest absolute Gasteiger partial charge is 0.497 e. The molecule has 0 saturated carbocycles. The molecular weight excluding hydrogens is 422 g/mol. The SMILES string of the molecule is CCCCCCCCCCCCCCC(C(=O)CN1CCCCC1)c1ccc(OC)cc1OC. The van der Waals surface area contributed by atoms with Crippen molar-refractivity contribution < 1.29 is 14.3 Å². The molecule has 0 aliphatic carbocycles. The zero-order chi connectivity index (χ0) is 24.4. The van der Waals surface area contributed by atoms with Gasteiger partial charge in [-0.05, 0) is 38.4 Å². The molecule has 34 heavy (non-hydrogen) atoms. The van der Waals surface area contributed by atoms with Crippen LogP contribution in [0, 0.1) is 0 Å². The number of carbonyl (C=O) groups excluding carboxylic acids is 1. The number of hydrogen-bond acceptors (Lipinski definition) is 4. The fraction of sp³-hybridized carbons (Fsp3) is 0.767. The van der Waals surface area contributed by atoms with Crippen LogP contribution in [-0.2, 0) is 4.79 Å². The predicted molar refractivity (Wildman–Crippen MR) is 143 cm³/mol. The Morgan fingerprint density at radius 1 is 0.824 bits per heavy atom. The van der Waals surface area contributed by atoms with Crippen molar-refractivity contribution in [2.24, 2.45) is 0 Å². The minimum Gasteiger partial charge on any atom is -0.497 e. The molecular formula is C30H51NO3. The van der Waals surface area contributed by atoms with E-state index in [1.807, 2.05) is 18.2 Å². The lowest BCUT2D eigenvalue weighted by Gasteiger charge is -2.28. The Morgan fingerprint density at radius 2 is 1.41 bits per heavy atom. The summed E-state index contributed by atoms with van der Waals surface area (Å²) in [7, 11) is 3.36. The second-order valence-electron chi connectivity index (χ2n) is 10.1. The van der Waals surface area contributed by atoms with Crippen molar-refractivity contribution in [1.82, 2.24) is 4.90 Å². The molecule has 1 aliphatic rings. The van der Waals surface area contributed by atoms with Gasteiger partial charge in [-0.25, -0.2) is 0 Å². The normalized spacial score (nSPS) is 15.3. The molecule has 2 rings (SSSR count). The molecule has 1 atom stereocenters. The van der Waals surface area contributed by atoms with Crippen molar-refractivity contribution in [2.45, 2.75) is 116 Å². The van der Waals surface area contributed by atoms with E-state index in [1.165, 1.54) is 89.9 Å². The first kappa shape index (κ1) is 28.7. The third-order valence-corrected chi connectivity index (χ3v) is 7.38. The highest BCUT2D eigenvalue weighted by atomic mass is 16.5. The number of Topliss-reactive ketones (excluding diaryl/α,β-unsaturated/α-hetero) is 1. The van der Waals surface area contributed by atoms with Gasteiger partial charge >= 0.3 is 0 Å². The number of hydrogen-bond donors (Lipinski definition) is 0. The molecule has 1 aromatic rings. The highest BCUT2D eigenvalue weighted by molar-refractivity contribution is 5.88. The summed E-state index contributed by atoms with van der Waals surface area (Å²) >= 11 is 0. The van der Waals surface area contributed by atoms with Crippen molar-refractivity contribution in [1.29, 1.82) is 0 Å². The molecule has 4 nitrogen and oxygen atoms in total. The van der Waals surface area contributed by atoms with Crippen LogP contribution in [0.15, 0.2) is 18.2 Å². The summed E-state index contributed by atoms with van der Waals surface area (Å²) in [5, 5.41) is 0. The summed E-state index contributed by atoms with van der Waals surface area (Å²) in [6.45, 7) is 4.95. The van der Waals surface area contributed by atoms with Crippen LogP contribution in [0.2, 0.25) is 0 Å². The predicted octanol–water partition coefficient (Wildman–Crippen LogP) is 7.93. The van der Waals surface area contributed by atoms with Gasteiger partial charge in [0.05, 0.1) is 20.8 Å². The minimum atomic E-state index is -0.0918. The number of benzene rings is 1. The van der Waals surface area contributed by atoms with Gasteiger partial charge in [0, 0.05) is 17.5 Å². The highest BCUT2D eigenvalue weighted by Gasteiger charge is 2.26. The van der Waals surface area contributed by atoms with E-state index < -0.39 is 0 Å². The van der Waals surface area contributed by atoms with Crippen LogP contribution in [-0.4, -0.2) is 44.5 Å². The van der Waals surface area contributed by atoms with Crippen LogP contribution < -0.4 is 9.47 Å². The summed E-state index contributed by atoms with van der Waals surface area (Å²) in [4.78, 5) is 15.8. The number of unbranched alkanes of at least 4 members (excludes halogenated alkanes) is 11. The Morgan fingerprint density at radius 3 is 1.97 bits per heavy atom. The number of ether oxygens (including phenoxy) is 2. The molecule has 1 aliphatic heterocycles. The second kappa shape index (κ2) is 17.8. The number of rotatable bonds is 19. The second-order valence-corrected chi connectivity index (χ2v) is 10.1. The lowest BCUT2D eigenvalue weighted by atomic mass is 9.88. The van der Waals surface area contributed by atoms with E-state index in [0.717, 1.165) is 43.0 Å². The van der Waals surface area contributed by atoms with E-state index in [1.54, 1.807) is 14.2 Å². The molecule has 0 radical (unpaired) electrons. The van der Waals surface area contributed by atoms with Crippen molar-refractivity contribution in [3.63, 3.8) is 0 Å². The summed E-state index contributed by atoms with van der Waals surface area (Å²) in [6.07, 6.45) is 20.6. The number of likely N-dealkylation sites (tertiary alicyclic amines) is 1. The zero-order valence-electron chi connectivity index (χ0n) is 22.4. The van der Waals surface area contributed by atoms with Crippen LogP contribution in [0.25, 0.3) is 0 Å². The number of piperidine rings is 1. The Hall–Kier alpha value is -1.55. The first-order valence-electron chi connectivity index (χ1n) is 14.2. The molecule has 4 heteroatoms. The Balaban J connectivity index is 1.80. The fourth-order valence-corrected chi connectivity index (χ4v) is 5.23. The molecule has 1 saturated heterocycles. The van der Waals surface area contributed by atoms with Gasteiger partial charge in [-0.1, -0.05) is 96.5 Å². The van der Waals surface area contributed by atoms with E-state index in [-0.39, 0.29) is 5.92 Å². The maximum absolute atomic E-state index is 13.4. The third-order valence-electron chi connectivity index (χ3n) is 7.38. The van der Waals surface area contributed by atoms with Crippen LogP contribution in [0.3, 0.4) is 0 Å². The van der Waals surface area contributed by atoms with Crippen molar-refractivity contribution in [2.75, 3.05) is 33.9 Å². The van der Waals surface area contributed by atoms with Gasteiger partial charge in [0.2, 0.25) is 0 Å². The summed E-state index contributed by atoms with van der Waals surface area (Å²) in [5.74, 6) is 1.79. The zero-order valence-corrected chi connectivity index (χ0v) is 22.4. The van der Waals surface area contributed by atoms with Crippen LogP contribution in [0.5, 0.6) is 11.5 Å². The first-order valence-corrected chi connectivity index (χ1v) is 14.2. The molecule has 1 aromatic carbocycles. The standard InChI is InChI=1S/C30H51NO3/c1-4-5-6-7-8-9-10-11-12-13-14-16-19-27(29(32)25-31-22-17-15-18-23-31)28-21-20-26(33-2)24-30(28)34-3/h20-21,24,27H,4-19,22-23,25H2,1-3H3. The van der Waals surface area contributed by atoms with Gasteiger partial charge in [-0.2, -0.15) is 0 Å². The fourth-order valence-electron chi connectivity index (χ4n) is 5.23. The van der Waals surface area contributed by atoms with E-state index in [4.69, 9.17) is 9.47 Å². The summed E-state index contributed by atoms with van der Waals surface area (Å²) < 4.78 is 11.1. The van der Waals surface area contributed by atoms with Gasteiger partial charge in [-0.3, -0.25) is 9.69 Å². The maximum atomic E-state index is 13.4. The molecule has 0 amide bonds. The monoisotopic (exact) mass is 473 g/mol. The average molecular weight is 474 g/mol. The Bertz CT molecular complexity index is 669. The van der Waals surface area contributed by atoms with Crippen LogP contribution in [0.1, 0.15) is 121 Å². The molecule has 1 fully saturated rings. The van der Waals surface area contributed by atoms with Gasteiger partial charge in [-0.15, -0.1) is 0 Å². The van der Waals surface area contributed by atoms with E-state index in [9.17, 15) is 4.79 Å². The molecule has 194 valence electrons. The minimum absolute atomic E-state index is 0.0918. The maximum Gasteiger partial charge on any atom is 0.154 e. The molecule has 0 N–H and O–H groups in total. The molecule has 1 heterocycles. The first-order chi connectivity index (χ1) is 16.7. The lowest BCUT2D eigenvalue weighted by Crippen LogP contribution is -2.36. The Kier molecular flexibility index (Phi) is 15.0. The van der Waals surface area contributed by atoms with E-state index in [2.05, 4.69) is 11.8 Å². The van der Waals surface area contributed by atoms with Crippen LogP contribution >= 0.6 is 0 Å². The number of ketones is 1. The van der Waals surface area contributed by atoms with Gasteiger partial charge in [0.25, 0.3) is 0 Å². The summed E-state index contributed by atoms with van der Waals surface area (Å²) in [5.41, 5.74) is 1.02. The highest BCUT2D eigenvalue weighted by Crippen LogP contribution is 2.34. The quantitative estimate of drug-likeness (QED) is 0.191. The Labute approximate surface area is 209 Å². The van der Waals surface area contributed by atoms with E-state index in [0.29, 0.717) is 12.3 Å². The van der Waals surface area contributed by atoms with Crippen molar-refractivity contribution >= 4 is 5.78 Å². The summed E-state index contributed by atoms with van der Waals surface area (Å²) in [6, 6.07) is 5.91. The topological polar surface area (TPSA) is 38.8 Å². The number of nitrogens with zero attached hydrogens (tertiary/aromatic N) is 1. The number of carbonyl (C=O) groups is 1. The van der Waals surface area contributed by atoms with E-state index >= 15 is 0 Å². The van der Waals surface area contributed by atoms with Crippen molar-refractivity contribution in [3.8, 4) is 11.5 Å². The number of methoxy groups -OCH3 is 2. The average Bonchev–Trinajstić information content (AvgIpc) is 2.87.